The Bertz CT molecular complexity index is 611. The predicted octanol–water partition coefficient (Wildman–Crippen LogP) is 2.14. The Kier molecular flexibility index (Phi) is 4.95. The van der Waals surface area contributed by atoms with Crippen LogP contribution in [0.4, 0.5) is 4.39 Å². The van der Waals surface area contributed by atoms with E-state index in [9.17, 15) is 22.7 Å². The van der Waals surface area contributed by atoms with E-state index in [0.29, 0.717) is 12.8 Å². The van der Waals surface area contributed by atoms with Gasteiger partial charge < -0.3 is 5.11 Å². The molecule has 1 atom stereocenters. The number of nitrogens with one attached hydrogen (secondary N) is 1. The first-order valence-electron chi connectivity index (χ1n) is 6.91. The average Bonchev–Trinajstić information content (AvgIpc) is 2.46. The van der Waals surface area contributed by atoms with E-state index in [0.717, 1.165) is 31.4 Å². The van der Waals surface area contributed by atoms with Crippen LogP contribution in [0.1, 0.15) is 32.1 Å². The van der Waals surface area contributed by atoms with Gasteiger partial charge in [-0.2, -0.15) is 4.72 Å². The Labute approximate surface area is 123 Å². The normalized spacial score (nSPS) is 18.3. The fourth-order valence-corrected chi connectivity index (χ4v) is 4.05. The van der Waals surface area contributed by atoms with Crippen LogP contribution >= 0.6 is 0 Å². The maximum atomic E-state index is 13.6. The Balaban J connectivity index is 2.23. The van der Waals surface area contributed by atoms with Gasteiger partial charge in [-0.3, -0.25) is 4.79 Å². The van der Waals surface area contributed by atoms with E-state index in [4.69, 9.17) is 0 Å². The molecule has 7 heteroatoms. The lowest BCUT2D eigenvalue weighted by Gasteiger charge is -2.27. The Hall–Kier alpha value is -1.47. The van der Waals surface area contributed by atoms with Crippen LogP contribution in [0.5, 0.6) is 0 Å². The van der Waals surface area contributed by atoms with Gasteiger partial charge in [0.25, 0.3) is 0 Å². The van der Waals surface area contributed by atoms with E-state index >= 15 is 0 Å². The Morgan fingerprint density at radius 3 is 2.43 bits per heavy atom. The number of aliphatic carboxylic acids is 1. The fourth-order valence-electron chi connectivity index (χ4n) is 2.71. The van der Waals surface area contributed by atoms with Gasteiger partial charge in [-0.05, 0) is 30.9 Å². The molecule has 0 radical (unpaired) electrons. The number of hydrogen-bond donors (Lipinski definition) is 2. The highest BCUT2D eigenvalue weighted by Crippen LogP contribution is 2.27. The third kappa shape index (κ3) is 3.79. The van der Waals surface area contributed by atoms with Crippen LogP contribution in [0.3, 0.4) is 0 Å². The van der Waals surface area contributed by atoms with Gasteiger partial charge in [0.05, 0.1) is 0 Å². The maximum absolute atomic E-state index is 13.6. The van der Waals surface area contributed by atoms with Crippen LogP contribution in [0.15, 0.2) is 29.2 Å². The number of sulfonamides is 1. The van der Waals surface area contributed by atoms with Crippen molar-refractivity contribution in [2.24, 2.45) is 5.92 Å². The van der Waals surface area contributed by atoms with Gasteiger partial charge in [-0.25, -0.2) is 12.8 Å². The molecule has 0 spiro atoms. The van der Waals surface area contributed by atoms with E-state index < -0.39 is 32.7 Å². The van der Waals surface area contributed by atoms with Crippen molar-refractivity contribution >= 4 is 16.0 Å². The van der Waals surface area contributed by atoms with Gasteiger partial charge in [0.2, 0.25) is 10.0 Å². The lowest BCUT2D eigenvalue weighted by Crippen LogP contribution is -2.46. The number of carboxylic acid groups (broad SMARTS) is 1. The van der Waals surface area contributed by atoms with Crippen molar-refractivity contribution in [1.82, 2.24) is 4.72 Å². The first kappa shape index (κ1) is 15.9. The molecule has 2 N–H and O–H groups in total. The standard InChI is InChI=1S/C14H18FNO4S/c15-11-8-4-5-9-12(11)21(19,20)16-13(14(17)18)10-6-2-1-3-7-10/h4-5,8-10,13,16H,1-3,6-7H2,(H,17,18). The third-order valence-electron chi connectivity index (χ3n) is 3.80. The largest absolute Gasteiger partial charge is 0.480 e. The van der Waals surface area contributed by atoms with E-state index in [2.05, 4.69) is 4.72 Å². The van der Waals surface area contributed by atoms with Crippen LogP contribution in [0.2, 0.25) is 0 Å². The summed E-state index contributed by atoms with van der Waals surface area (Å²) in [6.45, 7) is 0. The highest BCUT2D eigenvalue weighted by Gasteiger charge is 2.34. The summed E-state index contributed by atoms with van der Waals surface area (Å²) in [6, 6.07) is 3.72. The zero-order valence-corrected chi connectivity index (χ0v) is 12.3. The number of hydrogen-bond acceptors (Lipinski definition) is 3. The molecule has 0 amide bonds. The average molecular weight is 315 g/mol. The van der Waals surface area contributed by atoms with Crippen LogP contribution < -0.4 is 4.72 Å². The number of rotatable bonds is 5. The highest BCUT2D eigenvalue weighted by atomic mass is 32.2. The molecule has 2 rings (SSSR count). The quantitative estimate of drug-likeness (QED) is 0.872. The summed E-state index contributed by atoms with van der Waals surface area (Å²) >= 11 is 0. The molecule has 0 bridgehead atoms. The first-order valence-corrected chi connectivity index (χ1v) is 8.40. The van der Waals surface area contributed by atoms with Gasteiger partial charge in [-0.15, -0.1) is 0 Å². The predicted molar refractivity (Wildman–Crippen MR) is 74.7 cm³/mol. The van der Waals surface area contributed by atoms with Crippen molar-refractivity contribution in [1.29, 1.82) is 0 Å². The van der Waals surface area contributed by atoms with Crippen LogP contribution in [0, 0.1) is 11.7 Å². The molecule has 1 aliphatic rings. The van der Waals surface area contributed by atoms with Crippen LogP contribution in [0.25, 0.3) is 0 Å². The molecule has 1 aromatic carbocycles. The molecule has 1 unspecified atom stereocenters. The SMILES string of the molecule is O=C(O)C(NS(=O)(=O)c1ccccc1F)C1CCCCC1. The lowest BCUT2D eigenvalue weighted by molar-refractivity contribution is -0.140. The summed E-state index contributed by atoms with van der Waals surface area (Å²) in [5.41, 5.74) is 0. The fraction of sp³-hybridized carbons (Fsp3) is 0.500. The Morgan fingerprint density at radius 1 is 1.24 bits per heavy atom. The summed E-state index contributed by atoms with van der Waals surface area (Å²) in [5.74, 6) is -2.36. The van der Waals surface area contributed by atoms with E-state index in [-0.39, 0.29) is 5.92 Å². The number of carbonyl (C=O) groups is 1. The molecule has 1 saturated carbocycles. The molecule has 0 aromatic heterocycles. The summed E-state index contributed by atoms with van der Waals surface area (Å²) in [5, 5.41) is 9.28. The maximum Gasteiger partial charge on any atom is 0.322 e. The minimum Gasteiger partial charge on any atom is -0.480 e. The van der Waals surface area contributed by atoms with Gasteiger partial charge in [0, 0.05) is 0 Å². The number of halogens is 1. The van der Waals surface area contributed by atoms with Crippen molar-refractivity contribution in [3.8, 4) is 0 Å². The zero-order valence-electron chi connectivity index (χ0n) is 11.5. The van der Waals surface area contributed by atoms with Crippen molar-refractivity contribution in [3.63, 3.8) is 0 Å². The van der Waals surface area contributed by atoms with E-state index in [1.807, 2.05) is 0 Å². The molecule has 1 aliphatic carbocycles. The summed E-state index contributed by atoms with van der Waals surface area (Å²) < 4.78 is 40.2. The summed E-state index contributed by atoms with van der Waals surface area (Å²) in [6.07, 6.45) is 4.13. The second kappa shape index (κ2) is 6.53. The molecule has 0 aliphatic heterocycles. The molecular formula is C14H18FNO4S. The number of benzene rings is 1. The lowest BCUT2D eigenvalue weighted by atomic mass is 9.84. The smallest absolute Gasteiger partial charge is 0.322 e. The van der Waals surface area contributed by atoms with Crippen molar-refractivity contribution in [3.05, 3.63) is 30.1 Å². The molecule has 0 saturated heterocycles. The van der Waals surface area contributed by atoms with Crippen molar-refractivity contribution in [2.45, 2.75) is 43.0 Å². The second-order valence-corrected chi connectivity index (χ2v) is 6.95. The van der Waals surface area contributed by atoms with E-state index in [1.165, 1.54) is 12.1 Å². The first-order chi connectivity index (χ1) is 9.92. The molecule has 0 heterocycles. The Morgan fingerprint density at radius 2 is 1.86 bits per heavy atom. The second-order valence-electron chi connectivity index (χ2n) is 5.27. The summed E-state index contributed by atoms with van der Waals surface area (Å²) in [4.78, 5) is 10.9. The highest BCUT2D eigenvalue weighted by molar-refractivity contribution is 7.89. The van der Waals surface area contributed by atoms with Crippen molar-refractivity contribution in [2.75, 3.05) is 0 Å². The molecule has 1 aromatic rings. The summed E-state index contributed by atoms with van der Waals surface area (Å²) in [7, 11) is -4.19. The topological polar surface area (TPSA) is 83.5 Å². The van der Waals surface area contributed by atoms with Gasteiger partial charge >= 0.3 is 5.97 Å². The molecular weight excluding hydrogens is 297 g/mol. The minimum atomic E-state index is -4.19. The van der Waals surface area contributed by atoms with Crippen LogP contribution in [-0.4, -0.2) is 25.5 Å². The van der Waals surface area contributed by atoms with Crippen molar-refractivity contribution < 1.29 is 22.7 Å². The van der Waals surface area contributed by atoms with Gasteiger partial charge in [0.15, 0.2) is 0 Å². The minimum absolute atomic E-state index is 0.252. The number of carboxylic acids is 1. The third-order valence-corrected chi connectivity index (χ3v) is 5.27. The molecule has 1 fully saturated rings. The van der Waals surface area contributed by atoms with Gasteiger partial charge in [-0.1, -0.05) is 31.4 Å². The molecule has 5 nitrogen and oxygen atoms in total. The monoisotopic (exact) mass is 315 g/mol. The van der Waals surface area contributed by atoms with E-state index in [1.54, 1.807) is 0 Å². The zero-order chi connectivity index (χ0) is 15.5. The van der Waals surface area contributed by atoms with Crippen LogP contribution in [-0.2, 0) is 14.8 Å². The van der Waals surface area contributed by atoms with Gasteiger partial charge in [0.1, 0.15) is 16.8 Å². The molecule has 116 valence electrons. The molecule has 21 heavy (non-hydrogen) atoms.